The normalized spacial score (nSPS) is 13.0. The molecule has 1 unspecified atom stereocenters. The summed E-state index contributed by atoms with van der Waals surface area (Å²) in [6.07, 6.45) is 0.447. The van der Waals surface area contributed by atoms with Crippen LogP contribution in [0.3, 0.4) is 0 Å². The van der Waals surface area contributed by atoms with Gasteiger partial charge in [0.2, 0.25) is 5.91 Å². The van der Waals surface area contributed by atoms with Gasteiger partial charge < -0.3 is 10.1 Å². The van der Waals surface area contributed by atoms with Crippen LogP contribution in [-0.2, 0) is 20.7 Å². The summed E-state index contributed by atoms with van der Waals surface area (Å²) in [5.74, 6) is -0.897. The summed E-state index contributed by atoms with van der Waals surface area (Å²) in [6, 6.07) is 4.48. The fraction of sp³-hybridized carbons (Fsp3) is 0.500. The summed E-state index contributed by atoms with van der Waals surface area (Å²) < 4.78 is 5.10. The van der Waals surface area contributed by atoms with Gasteiger partial charge in [-0.1, -0.05) is 13.0 Å². The number of carbonyl (C=O) groups is 2. The number of esters is 1. The van der Waals surface area contributed by atoms with Crippen molar-refractivity contribution in [3.63, 3.8) is 0 Å². The lowest BCUT2D eigenvalue weighted by Crippen LogP contribution is -2.56. The molecule has 0 bridgehead atoms. The largest absolute Gasteiger partial charge is 0.464 e. The van der Waals surface area contributed by atoms with Gasteiger partial charge in [0, 0.05) is 25.5 Å². The molecule has 0 radical (unpaired) electrons. The van der Waals surface area contributed by atoms with E-state index in [0.717, 1.165) is 5.56 Å². The number of nitrogens with one attached hydrogen (secondary N) is 1. The quantitative estimate of drug-likeness (QED) is 0.472. The Labute approximate surface area is 135 Å². The lowest BCUT2D eigenvalue weighted by atomic mass is 9.86. The molecule has 1 rings (SSSR count). The molecule has 0 aromatic heterocycles. The Morgan fingerprint density at radius 2 is 2.00 bits per heavy atom. The Kier molecular flexibility index (Phi) is 6.24. The lowest BCUT2D eigenvalue weighted by Gasteiger charge is -2.31. The van der Waals surface area contributed by atoms with Gasteiger partial charge in [-0.05, 0) is 31.4 Å². The molecule has 1 aromatic rings. The Morgan fingerprint density at radius 1 is 1.35 bits per heavy atom. The molecule has 0 aliphatic heterocycles. The highest BCUT2D eigenvalue weighted by molar-refractivity contribution is 5.87. The van der Waals surface area contributed by atoms with Crippen molar-refractivity contribution in [3.05, 3.63) is 39.4 Å². The number of amides is 1. The maximum absolute atomic E-state index is 12.4. The van der Waals surface area contributed by atoms with Crippen molar-refractivity contribution in [1.29, 1.82) is 0 Å². The predicted octanol–water partition coefficient (Wildman–Crippen LogP) is 2.29. The van der Waals surface area contributed by atoms with E-state index < -0.39 is 16.4 Å². The number of ether oxygens (including phenoxy) is 1. The maximum atomic E-state index is 12.4. The number of nitrogens with zero attached hydrogens (tertiary/aromatic N) is 1. The second kappa shape index (κ2) is 7.71. The van der Waals surface area contributed by atoms with Crippen LogP contribution in [0, 0.1) is 17.0 Å². The zero-order chi connectivity index (χ0) is 17.6. The number of carbonyl (C=O) groups excluding carboxylic acids is 2. The van der Waals surface area contributed by atoms with E-state index in [9.17, 15) is 19.7 Å². The first-order valence-electron chi connectivity index (χ1n) is 7.45. The predicted molar refractivity (Wildman–Crippen MR) is 85.0 cm³/mol. The molecule has 7 heteroatoms. The zero-order valence-corrected chi connectivity index (χ0v) is 13.8. The Balaban J connectivity index is 3.29. The van der Waals surface area contributed by atoms with Crippen LogP contribution in [0.1, 0.15) is 38.3 Å². The molecular formula is C16H22N2O5. The van der Waals surface area contributed by atoms with E-state index in [2.05, 4.69) is 5.32 Å². The topological polar surface area (TPSA) is 98.5 Å². The van der Waals surface area contributed by atoms with Gasteiger partial charge in [-0.15, -0.1) is 0 Å². The van der Waals surface area contributed by atoms with Gasteiger partial charge >= 0.3 is 5.97 Å². The molecule has 0 fully saturated rings. The Morgan fingerprint density at radius 3 is 2.48 bits per heavy atom. The van der Waals surface area contributed by atoms with Gasteiger partial charge in [-0.25, -0.2) is 4.79 Å². The van der Waals surface area contributed by atoms with Crippen LogP contribution in [0.4, 0.5) is 5.69 Å². The van der Waals surface area contributed by atoms with E-state index in [0.29, 0.717) is 12.0 Å². The average molecular weight is 322 g/mol. The number of rotatable bonds is 7. The van der Waals surface area contributed by atoms with Gasteiger partial charge in [-0.3, -0.25) is 14.9 Å². The molecule has 1 amide bonds. The summed E-state index contributed by atoms with van der Waals surface area (Å²) >= 11 is 0. The molecule has 126 valence electrons. The lowest BCUT2D eigenvalue weighted by molar-refractivity contribution is -0.384. The van der Waals surface area contributed by atoms with Crippen LogP contribution in [0.15, 0.2) is 18.2 Å². The van der Waals surface area contributed by atoms with Crippen LogP contribution in [0.2, 0.25) is 0 Å². The van der Waals surface area contributed by atoms with Gasteiger partial charge in [0.15, 0.2) is 0 Å². The van der Waals surface area contributed by atoms with E-state index in [1.807, 2.05) is 0 Å². The highest BCUT2D eigenvalue weighted by Crippen LogP contribution is 2.25. The SMILES string of the molecule is CCOC(=O)C(CC)(Cc1cc([N+](=O)[O-])ccc1C)NC(C)=O. The minimum atomic E-state index is -1.23. The molecule has 0 saturated carbocycles. The van der Waals surface area contributed by atoms with E-state index in [1.54, 1.807) is 26.8 Å². The second-order valence-electron chi connectivity index (χ2n) is 5.38. The number of benzene rings is 1. The highest BCUT2D eigenvalue weighted by Gasteiger charge is 2.39. The van der Waals surface area contributed by atoms with Gasteiger partial charge in [0.1, 0.15) is 5.54 Å². The summed E-state index contributed by atoms with van der Waals surface area (Å²) in [7, 11) is 0. The molecule has 23 heavy (non-hydrogen) atoms. The number of hydrogen-bond donors (Lipinski definition) is 1. The van der Waals surface area contributed by atoms with Crippen molar-refractivity contribution in [2.24, 2.45) is 0 Å². The Bertz CT molecular complexity index is 614. The van der Waals surface area contributed by atoms with Gasteiger partial charge in [-0.2, -0.15) is 0 Å². The summed E-state index contributed by atoms with van der Waals surface area (Å²) in [4.78, 5) is 34.4. The van der Waals surface area contributed by atoms with Gasteiger partial charge in [0.05, 0.1) is 11.5 Å². The number of hydrogen-bond acceptors (Lipinski definition) is 5. The maximum Gasteiger partial charge on any atom is 0.332 e. The standard InChI is InChI=1S/C16H22N2O5/c1-5-16(17-12(4)19,15(20)23-6-2)10-13-9-14(18(21)22)8-7-11(13)3/h7-9H,5-6,10H2,1-4H3,(H,17,19). The molecule has 0 aliphatic rings. The summed E-state index contributed by atoms with van der Waals surface area (Å²) in [6.45, 7) is 6.76. The highest BCUT2D eigenvalue weighted by atomic mass is 16.6. The monoisotopic (exact) mass is 322 g/mol. The van der Waals surface area contributed by atoms with Crippen LogP contribution < -0.4 is 5.32 Å². The minimum absolute atomic E-state index is 0.0534. The summed E-state index contributed by atoms with van der Waals surface area (Å²) in [5.41, 5.74) is 0.148. The zero-order valence-electron chi connectivity index (χ0n) is 13.8. The first kappa shape index (κ1) is 18.6. The first-order valence-corrected chi connectivity index (χ1v) is 7.45. The van der Waals surface area contributed by atoms with Crippen molar-refractivity contribution >= 4 is 17.6 Å². The van der Waals surface area contributed by atoms with Crippen molar-refractivity contribution in [3.8, 4) is 0 Å². The molecule has 0 aliphatic carbocycles. The van der Waals surface area contributed by atoms with Gasteiger partial charge in [0.25, 0.3) is 5.69 Å². The second-order valence-corrected chi connectivity index (χ2v) is 5.38. The molecule has 0 saturated heterocycles. The van der Waals surface area contributed by atoms with Crippen LogP contribution >= 0.6 is 0 Å². The molecule has 1 N–H and O–H groups in total. The first-order chi connectivity index (χ1) is 10.8. The molecular weight excluding hydrogens is 300 g/mol. The van der Waals surface area contributed by atoms with E-state index >= 15 is 0 Å². The number of aryl methyl sites for hydroxylation is 1. The molecule has 1 atom stereocenters. The third kappa shape index (κ3) is 4.51. The Hall–Kier alpha value is -2.44. The third-order valence-electron chi connectivity index (χ3n) is 3.72. The fourth-order valence-corrected chi connectivity index (χ4v) is 2.42. The van der Waals surface area contributed by atoms with Crippen LogP contribution in [-0.4, -0.2) is 28.9 Å². The average Bonchev–Trinajstić information content (AvgIpc) is 2.48. The van der Waals surface area contributed by atoms with Crippen LogP contribution in [0.25, 0.3) is 0 Å². The number of nitro benzene ring substituents is 1. The van der Waals surface area contributed by atoms with E-state index in [1.165, 1.54) is 19.1 Å². The minimum Gasteiger partial charge on any atom is -0.464 e. The van der Waals surface area contributed by atoms with Crippen molar-refractivity contribution < 1.29 is 19.2 Å². The summed E-state index contributed by atoms with van der Waals surface area (Å²) in [5, 5.41) is 13.6. The number of nitro groups is 1. The molecule has 0 heterocycles. The number of non-ortho nitro benzene ring substituents is 1. The molecule has 0 spiro atoms. The molecule has 1 aromatic carbocycles. The smallest absolute Gasteiger partial charge is 0.332 e. The van der Waals surface area contributed by atoms with Crippen molar-refractivity contribution in [2.45, 2.75) is 46.1 Å². The van der Waals surface area contributed by atoms with E-state index in [4.69, 9.17) is 4.74 Å². The fourth-order valence-electron chi connectivity index (χ4n) is 2.42. The molecule has 7 nitrogen and oxygen atoms in total. The van der Waals surface area contributed by atoms with E-state index in [-0.39, 0.29) is 24.6 Å². The van der Waals surface area contributed by atoms with Crippen LogP contribution in [0.5, 0.6) is 0 Å². The van der Waals surface area contributed by atoms with Crippen molar-refractivity contribution in [1.82, 2.24) is 5.32 Å². The van der Waals surface area contributed by atoms with Crippen molar-refractivity contribution in [2.75, 3.05) is 6.61 Å². The third-order valence-corrected chi connectivity index (χ3v) is 3.72.